The Kier molecular flexibility index (Phi) is 39.4. The maximum atomic E-state index is 15.2. The van der Waals surface area contributed by atoms with Crippen LogP contribution in [0.1, 0.15) is 156 Å². The zero-order chi connectivity index (χ0) is 94.0. The molecule has 20 rings (SSSR count). The third-order valence-corrected chi connectivity index (χ3v) is 25.5. The number of aromatic nitrogens is 20. The summed E-state index contributed by atoms with van der Waals surface area (Å²) < 4.78 is 67.7. The molecule has 0 radical (unpaired) electrons. The number of fused-ring (bicyclic) bond motifs is 8. The number of β-amino-alcohol motifs (C(OH)–C–C–N with tert-alkyl or cyclic N) is 1. The topological polar surface area (TPSA) is 296 Å². The van der Waals surface area contributed by atoms with Crippen molar-refractivity contribution in [1.29, 1.82) is 0 Å². The van der Waals surface area contributed by atoms with Gasteiger partial charge in [-0.2, -0.15) is 61.2 Å². The van der Waals surface area contributed by atoms with Crippen molar-refractivity contribution in [1.82, 2.24) is 134 Å². The maximum Gasteiger partial charge on any atom is 0.156 e. The van der Waals surface area contributed by atoms with E-state index in [1.54, 1.807) is 36.3 Å². The van der Waals surface area contributed by atoms with Gasteiger partial charge in [0, 0.05) is 107 Å². The lowest BCUT2D eigenvalue weighted by Gasteiger charge is -2.32. The van der Waals surface area contributed by atoms with Crippen molar-refractivity contribution in [2.45, 2.75) is 144 Å². The van der Waals surface area contributed by atoms with Gasteiger partial charge >= 0.3 is 0 Å². The van der Waals surface area contributed by atoms with Crippen molar-refractivity contribution in [3.63, 3.8) is 0 Å². The molecule has 4 aromatic carbocycles. The number of imidazole rings is 4. The Balaban J connectivity index is 0.000000185. The minimum atomic E-state index is -0.317. The van der Waals surface area contributed by atoms with E-state index in [1.165, 1.54) is 12.5 Å². The number of likely N-dealkylation sites (tertiary alicyclic amines) is 4. The molecule has 0 amide bonds. The zero-order valence-corrected chi connectivity index (χ0v) is 85.5. The number of benzene rings is 4. The Hall–Kier alpha value is -10.5. The van der Waals surface area contributed by atoms with Crippen LogP contribution in [0.25, 0.3) is 111 Å². The van der Waals surface area contributed by atoms with Crippen LogP contribution in [0.4, 0.5) is 17.6 Å². The highest BCUT2D eigenvalue weighted by molar-refractivity contribution is 5.89. The molecule has 4 aliphatic heterocycles. The van der Waals surface area contributed by atoms with Gasteiger partial charge in [-0.15, -0.1) is 62.0 Å². The number of hydrogen-bond acceptors (Lipinski definition) is 25. The Morgan fingerprint density at radius 3 is 0.754 bits per heavy atom. The lowest BCUT2D eigenvalue weighted by Crippen LogP contribution is -2.37. The molecule has 0 unspecified atom stereocenters. The van der Waals surface area contributed by atoms with Crippen LogP contribution in [0.15, 0.2) is 122 Å². The molecule has 4 fully saturated rings. The highest BCUT2D eigenvalue weighted by Crippen LogP contribution is 2.38. The molecular weight excluding hydrogens is 1860 g/mol. The minimum Gasteiger partial charge on any atom is -0.400 e. The Labute approximate surface area is 833 Å². The van der Waals surface area contributed by atoms with Crippen molar-refractivity contribution in [2.24, 2.45) is 0 Å². The second kappa shape index (κ2) is 49.6. The minimum absolute atomic E-state index is 0. The summed E-state index contributed by atoms with van der Waals surface area (Å²) in [5.74, 6) is 0.0889. The summed E-state index contributed by atoms with van der Waals surface area (Å²) in [5, 5.41) is 74.9. The molecule has 0 saturated carbocycles. The van der Waals surface area contributed by atoms with Crippen LogP contribution >= 0.6 is 62.0 Å². The number of nitrogens with one attached hydrogen (secondary N) is 1. The first-order chi connectivity index (χ1) is 64.2. The lowest BCUT2D eigenvalue weighted by atomic mass is 9.92. The fraction of sp³-hybridized carbons (Fsp3) is 0.440. The molecule has 4 aliphatic rings. The van der Waals surface area contributed by atoms with Crippen LogP contribution in [0.3, 0.4) is 0 Å². The van der Waals surface area contributed by atoms with E-state index in [0.29, 0.717) is 113 Å². The van der Waals surface area contributed by atoms with Crippen molar-refractivity contribution >= 4 is 128 Å². The van der Waals surface area contributed by atoms with Gasteiger partial charge < -0.3 is 44.9 Å². The normalized spacial score (nSPS) is 14.9. The first-order valence-electron chi connectivity index (χ1n) is 46.3. The van der Waals surface area contributed by atoms with Gasteiger partial charge in [0.15, 0.2) is 22.6 Å². The largest absolute Gasteiger partial charge is 0.400 e. The summed E-state index contributed by atoms with van der Waals surface area (Å²) in [6.45, 7) is 32.3. The van der Waals surface area contributed by atoms with Crippen LogP contribution in [0, 0.1) is 78.7 Å². The van der Waals surface area contributed by atoms with Gasteiger partial charge in [-0.25, -0.2) is 55.6 Å². The van der Waals surface area contributed by atoms with E-state index in [9.17, 15) is 0 Å². The predicted octanol–water partition coefficient (Wildman–Crippen LogP) is 17.2. The number of piperidine rings is 4. The van der Waals surface area contributed by atoms with Crippen molar-refractivity contribution in [3.05, 3.63) is 213 Å². The number of aliphatic hydroxyl groups is 2. The van der Waals surface area contributed by atoms with Crippen LogP contribution < -0.4 is 5.32 Å². The number of aliphatic hydroxyl groups excluding tert-OH is 2. The number of aryl methyl sites for hydroxylation is 8. The first-order valence-corrected chi connectivity index (χ1v) is 46.3. The van der Waals surface area contributed by atoms with Gasteiger partial charge in [0.05, 0.1) is 122 Å². The lowest BCUT2D eigenvalue weighted by molar-refractivity contribution is 0.163. The van der Waals surface area contributed by atoms with Gasteiger partial charge in [0.1, 0.15) is 23.3 Å². The van der Waals surface area contributed by atoms with Gasteiger partial charge in [-0.05, 0) is 334 Å². The van der Waals surface area contributed by atoms with E-state index >= 15 is 17.6 Å². The first kappa shape index (κ1) is 110. The van der Waals surface area contributed by atoms with Gasteiger partial charge in [0.25, 0.3) is 0 Å². The fourth-order valence-corrected chi connectivity index (χ4v) is 18.4. The standard InChI is InChI=1S/2C25H30FN7.C24H27FN6.C23H25FN6O.C2H7N.CH4O.5ClH/c2*1-16-11-23(30-33-15-17(2)27-25(16)33)19-12-21(26)20-14-22(28-29-24(20)13-19)18-5-7-32(8-6-18)10-9-31(3)4;1-4-7-30-8-5-17(6-9-30)21-13-19-20(25)11-18(12-23(19)28-27-21)22-10-15(2)24-26-16(3)14-31(24)29-22;1-14-9-21(28-30-13-15(2)25-23(14)30)17-10-19(24)18-12-20(26-27-22(18)11-17)16-3-5-29(6-4-16)7-8-31;1-3-2;1-2;;;;;/h2*11-15,18H,5-10H2,1-4H3;10-14,17H,4-9H2,1-3H3;9-13,16,31H,3-8H2,1-2H3;3H,1-2H3;2H,1H3;5*1H. The van der Waals surface area contributed by atoms with E-state index in [-0.39, 0.29) is 97.8 Å². The predicted molar refractivity (Wildman–Crippen MR) is 551 cm³/mol. The van der Waals surface area contributed by atoms with Crippen LogP contribution in [-0.2, 0) is 0 Å². The summed E-state index contributed by atoms with van der Waals surface area (Å²) >= 11 is 0. The van der Waals surface area contributed by atoms with Crippen LogP contribution in [0.5, 0.6) is 0 Å². The van der Waals surface area contributed by atoms with Crippen molar-refractivity contribution in [2.75, 3.05) is 148 Å². The highest BCUT2D eigenvalue weighted by Gasteiger charge is 2.29. The number of nitrogens with zero attached hydrogens (tertiary/aromatic N) is 26. The molecule has 12 aromatic heterocycles. The highest BCUT2D eigenvalue weighted by atomic mass is 35.5. The smallest absolute Gasteiger partial charge is 0.156 e. The molecule has 0 bridgehead atoms. The molecule has 0 atom stereocenters. The molecule has 38 heteroatoms. The zero-order valence-electron chi connectivity index (χ0n) is 81.4. The molecule has 0 aliphatic carbocycles. The fourth-order valence-electron chi connectivity index (χ4n) is 18.4. The molecule has 4 saturated heterocycles. The summed E-state index contributed by atoms with van der Waals surface area (Å²) in [7, 11) is 13.2. The Morgan fingerprint density at radius 2 is 0.543 bits per heavy atom. The molecular formula is C100H128Cl5F4N27O2. The van der Waals surface area contributed by atoms with Gasteiger partial charge in [0.2, 0.25) is 0 Å². The molecule has 16 heterocycles. The number of hydrogen-bond donors (Lipinski definition) is 3. The molecule has 738 valence electrons. The van der Waals surface area contributed by atoms with Crippen molar-refractivity contribution < 1.29 is 27.8 Å². The number of rotatable bonds is 18. The summed E-state index contributed by atoms with van der Waals surface area (Å²) in [6.07, 6.45) is 16.8. The third kappa shape index (κ3) is 26.0. The monoisotopic (exact) mass is 1990 g/mol. The number of halogens is 9. The van der Waals surface area contributed by atoms with E-state index < -0.39 is 0 Å². The van der Waals surface area contributed by atoms with E-state index in [0.717, 1.165) is 234 Å². The van der Waals surface area contributed by atoms with Gasteiger partial charge in [-0.3, -0.25) is 0 Å². The van der Waals surface area contributed by atoms with Crippen molar-refractivity contribution in [3.8, 4) is 45.0 Å². The molecule has 29 nitrogen and oxygen atoms in total. The van der Waals surface area contributed by atoms with E-state index in [1.807, 2.05) is 167 Å². The second-order valence-corrected chi connectivity index (χ2v) is 36.4. The third-order valence-electron chi connectivity index (χ3n) is 25.5. The average molecular weight is 1990 g/mol. The summed E-state index contributed by atoms with van der Waals surface area (Å²) in [4.78, 5) is 32.1. The second-order valence-electron chi connectivity index (χ2n) is 36.4. The van der Waals surface area contributed by atoms with E-state index in [4.69, 9.17) is 10.2 Å². The molecule has 3 N–H and O–H groups in total. The van der Waals surface area contributed by atoms with Crippen LogP contribution in [0.2, 0.25) is 0 Å². The average Bonchev–Trinajstić information content (AvgIpc) is 1.50. The quantitative estimate of drug-likeness (QED) is 0.0672. The number of likely N-dealkylation sites (N-methyl/N-ethyl adjacent to an activating group) is 2. The Bertz CT molecular complexity index is 6390. The molecule has 0 spiro atoms. The molecule has 16 aromatic rings. The van der Waals surface area contributed by atoms with Crippen LogP contribution in [-0.4, -0.2) is 286 Å². The maximum absolute atomic E-state index is 15.2. The summed E-state index contributed by atoms with van der Waals surface area (Å²) in [6, 6.07) is 28.9. The molecule has 138 heavy (non-hydrogen) atoms. The SMILES string of the molecule is CCCN1CCC(c2cc3c(F)cc(-c4cc(C)c5nc(C)cn5n4)cc3nn2)CC1.CNC.CO.Cc1cn2nc(-c3cc(F)c4cc(C5CCN(CCN(C)C)CC5)nnc4c3)cc(C)c2n1.Cc1cn2nc(-c3cc(F)c4cc(C5CCN(CCN(C)C)CC5)nnc4c3)cc(C)c2n1.Cc1cn2nc(-c3cc(F)c4cc(C5CCN(CCO)CC5)nnc4c3)cc(C)c2n1.Cl.Cl.Cl.Cl.Cl. The van der Waals surface area contributed by atoms with Gasteiger partial charge in [-0.1, -0.05) is 6.92 Å². The Morgan fingerprint density at radius 1 is 0.326 bits per heavy atom. The van der Waals surface area contributed by atoms with E-state index in [2.05, 4.69) is 151 Å². The summed E-state index contributed by atoms with van der Waals surface area (Å²) in [5.41, 5.74) is 22.0.